The summed E-state index contributed by atoms with van der Waals surface area (Å²) >= 11 is 20.1. The Kier molecular flexibility index (Phi) is 7.29. The van der Waals surface area contributed by atoms with Crippen LogP contribution < -0.4 is 10.1 Å². The molecule has 0 aliphatic carbocycles. The predicted molar refractivity (Wildman–Crippen MR) is 134 cm³/mol. The average molecular weight is 522 g/mol. The summed E-state index contributed by atoms with van der Waals surface area (Å²) in [5.41, 5.74) is 2.92. The molecule has 4 nitrogen and oxygen atoms in total. The van der Waals surface area contributed by atoms with Crippen LogP contribution in [-0.2, 0) is 11.4 Å². The van der Waals surface area contributed by atoms with Crippen molar-refractivity contribution < 1.29 is 13.9 Å². The summed E-state index contributed by atoms with van der Waals surface area (Å²) < 4.78 is 18.8. The highest BCUT2D eigenvalue weighted by molar-refractivity contribution is 8.18. The smallest absolute Gasteiger partial charge is 0.264 e. The maximum atomic E-state index is 13.1. The molecule has 1 fully saturated rings. The number of aliphatic imine (C=N–C) groups is 1. The van der Waals surface area contributed by atoms with E-state index in [1.807, 2.05) is 13.0 Å². The Morgan fingerprint density at radius 3 is 2.45 bits per heavy atom. The first-order valence-electron chi connectivity index (χ1n) is 9.71. The summed E-state index contributed by atoms with van der Waals surface area (Å²) in [4.78, 5) is 17.4. The van der Waals surface area contributed by atoms with E-state index < -0.39 is 0 Å². The lowest BCUT2D eigenvalue weighted by Gasteiger charge is -2.11. The van der Waals surface area contributed by atoms with E-state index in [0.717, 1.165) is 11.1 Å². The predicted octanol–water partition coefficient (Wildman–Crippen LogP) is 7.56. The Balaban J connectivity index is 1.51. The molecule has 0 bridgehead atoms. The minimum atomic E-state index is -0.322. The molecule has 3 aromatic rings. The van der Waals surface area contributed by atoms with Crippen LogP contribution in [0.3, 0.4) is 0 Å². The van der Waals surface area contributed by atoms with Crippen molar-refractivity contribution in [2.24, 2.45) is 4.99 Å². The molecule has 0 radical (unpaired) electrons. The number of carbonyl (C=O) groups is 1. The Morgan fingerprint density at radius 2 is 1.76 bits per heavy atom. The van der Waals surface area contributed by atoms with Crippen LogP contribution in [0.2, 0.25) is 15.1 Å². The van der Waals surface area contributed by atoms with Gasteiger partial charge >= 0.3 is 0 Å². The fourth-order valence-corrected chi connectivity index (χ4v) is 4.61. The van der Waals surface area contributed by atoms with E-state index >= 15 is 0 Å². The topological polar surface area (TPSA) is 50.7 Å². The van der Waals surface area contributed by atoms with E-state index in [2.05, 4.69) is 10.3 Å². The van der Waals surface area contributed by atoms with E-state index in [4.69, 9.17) is 39.5 Å². The van der Waals surface area contributed by atoms with Gasteiger partial charge in [0.25, 0.3) is 5.91 Å². The van der Waals surface area contributed by atoms with Gasteiger partial charge in [0.1, 0.15) is 12.4 Å². The molecule has 0 atom stereocenters. The number of rotatable bonds is 5. The Bertz CT molecular complexity index is 1270. The third-order valence-electron chi connectivity index (χ3n) is 4.73. The molecule has 1 saturated heterocycles. The zero-order chi connectivity index (χ0) is 23.5. The summed E-state index contributed by atoms with van der Waals surface area (Å²) in [6.45, 7) is 2.05. The standard InChI is InChI=1S/C24H16Cl3FN2O2S/c1-13-17(25)3-2-4-20(13)29-24-30-23(31)21(33-24)11-15-9-18(26)22(19(27)10-15)32-12-14-5-7-16(28)8-6-14/h2-11H,12H2,1H3,(H,29,30,31)/b21-11+. The molecular weight excluding hydrogens is 506 g/mol. The van der Waals surface area contributed by atoms with Crippen LogP contribution in [0, 0.1) is 12.7 Å². The molecule has 168 valence electrons. The lowest BCUT2D eigenvalue weighted by molar-refractivity contribution is -0.115. The number of carbonyl (C=O) groups excluding carboxylic acids is 1. The summed E-state index contributed by atoms with van der Waals surface area (Å²) in [6.07, 6.45) is 1.68. The molecule has 0 aromatic heterocycles. The van der Waals surface area contributed by atoms with E-state index in [-0.39, 0.29) is 18.3 Å². The molecule has 1 aliphatic rings. The maximum absolute atomic E-state index is 13.1. The van der Waals surface area contributed by atoms with Crippen molar-refractivity contribution >= 4 is 69.4 Å². The fourth-order valence-electron chi connectivity index (χ4n) is 3.00. The lowest BCUT2D eigenvalue weighted by Crippen LogP contribution is -2.19. The van der Waals surface area contributed by atoms with Gasteiger partial charge in [-0.1, -0.05) is 53.0 Å². The molecule has 33 heavy (non-hydrogen) atoms. The highest BCUT2D eigenvalue weighted by atomic mass is 35.5. The van der Waals surface area contributed by atoms with Crippen LogP contribution in [0.5, 0.6) is 5.75 Å². The SMILES string of the molecule is Cc1c(Cl)cccc1N=C1NC(=O)/C(=C\c2cc(Cl)c(OCc3ccc(F)cc3)c(Cl)c2)S1. The number of amides is 1. The zero-order valence-electron chi connectivity index (χ0n) is 17.2. The van der Waals surface area contributed by atoms with Gasteiger partial charge in [0.15, 0.2) is 10.9 Å². The summed E-state index contributed by atoms with van der Waals surface area (Å²) in [5, 5.41) is 4.39. The molecule has 3 aromatic carbocycles. The van der Waals surface area contributed by atoms with Crippen LogP contribution in [0.25, 0.3) is 6.08 Å². The van der Waals surface area contributed by atoms with Crippen LogP contribution in [0.15, 0.2) is 64.5 Å². The van der Waals surface area contributed by atoms with Crippen LogP contribution in [-0.4, -0.2) is 11.1 Å². The number of nitrogens with zero attached hydrogens (tertiary/aromatic N) is 1. The first kappa shape index (κ1) is 23.6. The van der Waals surface area contributed by atoms with Gasteiger partial charge in [0.05, 0.1) is 20.6 Å². The van der Waals surface area contributed by atoms with Gasteiger partial charge in [-0.25, -0.2) is 9.38 Å². The van der Waals surface area contributed by atoms with Gasteiger partial charge in [-0.3, -0.25) is 4.79 Å². The number of hydrogen-bond acceptors (Lipinski definition) is 4. The zero-order valence-corrected chi connectivity index (χ0v) is 20.2. The molecule has 1 amide bonds. The van der Waals surface area contributed by atoms with E-state index in [1.54, 1.807) is 42.5 Å². The second-order valence-electron chi connectivity index (χ2n) is 7.09. The number of thioether (sulfide) groups is 1. The van der Waals surface area contributed by atoms with Crippen molar-refractivity contribution in [3.05, 3.63) is 97.1 Å². The molecule has 0 saturated carbocycles. The largest absolute Gasteiger partial charge is 0.486 e. The monoisotopic (exact) mass is 520 g/mol. The van der Waals surface area contributed by atoms with Crippen LogP contribution in [0.4, 0.5) is 10.1 Å². The number of halogens is 4. The van der Waals surface area contributed by atoms with Crippen molar-refractivity contribution in [3.63, 3.8) is 0 Å². The van der Waals surface area contributed by atoms with Gasteiger partial charge in [-0.15, -0.1) is 0 Å². The number of benzene rings is 3. The van der Waals surface area contributed by atoms with Crippen molar-refractivity contribution in [2.75, 3.05) is 0 Å². The highest BCUT2D eigenvalue weighted by Crippen LogP contribution is 2.37. The number of amidine groups is 1. The molecule has 1 aliphatic heterocycles. The number of ether oxygens (including phenoxy) is 1. The Labute approximate surface area is 209 Å². The van der Waals surface area contributed by atoms with Crippen molar-refractivity contribution in [3.8, 4) is 5.75 Å². The molecule has 1 heterocycles. The summed E-state index contributed by atoms with van der Waals surface area (Å²) in [5.74, 6) is -0.286. The first-order valence-corrected chi connectivity index (χ1v) is 11.7. The number of nitrogens with one attached hydrogen (secondary N) is 1. The highest BCUT2D eigenvalue weighted by Gasteiger charge is 2.24. The van der Waals surface area contributed by atoms with Gasteiger partial charge in [0.2, 0.25) is 0 Å². The second kappa shape index (κ2) is 10.2. The van der Waals surface area contributed by atoms with Crippen molar-refractivity contribution in [1.82, 2.24) is 5.32 Å². The Hall–Kier alpha value is -2.51. The van der Waals surface area contributed by atoms with Crippen LogP contribution >= 0.6 is 46.6 Å². The van der Waals surface area contributed by atoms with E-state index in [1.165, 1.54) is 23.9 Å². The van der Waals surface area contributed by atoms with Gasteiger partial charge in [0, 0.05) is 5.02 Å². The Morgan fingerprint density at radius 1 is 1.06 bits per heavy atom. The molecule has 4 rings (SSSR count). The molecule has 0 spiro atoms. The normalized spacial score (nSPS) is 15.8. The van der Waals surface area contributed by atoms with E-state index in [0.29, 0.717) is 42.1 Å². The quantitative estimate of drug-likeness (QED) is 0.352. The summed E-state index contributed by atoms with van der Waals surface area (Å²) in [7, 11) is 0. The summed E-state index contributed by atoms with van der Waals surface area (Å²) in [6, 6.07) is 14.7. The third kappa shape index (κ3) is 5.71. The maximum Gasteiger partial charge on any atom is 0.264 e. The second-order valence-corrected chi connectivity index (χ2v) is 9.35. The average Bonchev–Trinajstić information content (AvgIpc) is 3.10. The molecule has 9 heteroatoms. The minimum absolute atomic E-state index is 0.182. The fraction of sp³-hybridized carbons (Fsp3) is 0.0833. The van der Waals surface area contributed by atoms with Crippen LogP contribution in [0.1, 0.15) is 16.7 Å². The minimum Gasteiger partial charge on any atom is -0.486 e. The first-order chi connectivity index (χ1) is 15.8. The molecule has 0 unspecified atom stereocenters. The van der Waals surface area contributed by atoms with Crippen molar-refractivity contribution in [1.29, 1.82) is 0 Å². The third-order valence-corrected chi connectivity index (χ3v) is 6.61. The molecular formula is C24H16Cl3FN2O2S. The molecule has 1 N–H and O–H groups in total. The number of hydrogen-bond donors (Lipinski definition) is 1. The van der Waals surface area contributed by atoms with Gasteiger partial charge in [-0.2, -0.15) is 0 Å². The van der Waals surface area contributed by atoms with Crippen molar-refractivity contribution in [2.45, 2.75) is 13.5 Å². The lowest BCUT2D eigenvalue weighted by atomic mass is 10.2. The van der Waals surface area contributed by atoms with Gasteiger partial charge < -0.3 is 10.1 Å². The van der Waals surface area contributed by atoms with Gasteiger partial charge in [-0.05, 0) is 77.9 Å². The van der Waals surface area contributed by atoms with E-state index in [9.17, 15) is 9.18 Å².